The Hall–Kier alpha value is -7.69. The summed E-state index contributed by atoms with van der Waals surface area (Å²) in [6.45, 7) is 0. The molecule has 1 atom stereocenters. The minimum Gasteiger partial charge on any atom is -0.323 e. The van der Waals surface area contributed by atoms with Crippen LogP contribution < -0.4 is 9.80 Å². The first kappa shape index (κ1) is 33.6. The van der Waals surface area contributed by atoms with Crippen molar-refractivity contribution in [3.8, 4) is 5.69 Å². The lowest BCUT2D eigenvalue weighted by Crippen LogP contribution is -2.38. The highest BCUT2D eigenvalue weighted by Crippen LogP contribution is 2.41. The summed E-state index contributed by atoms with van der Waals surface area (Å²) in [7, 11) is 0. The van der Waals surface area contributed by atoms with Crippen molar-refractivity contribution < 1.29 is 4.58 Å². The number of para-hydroxylation sites is 4. The van der Waals surface area contributed by atoms with Crippen LogP contribution in [0.1, 0.15) is 0 Å². The lowest BCUT2D eigenvalue weighted by atomic mass is 10.0. The fourth-order valence-corrected chi connectivity index (χ4v) is 8.74. The van der Waals surface area contributed by atoms with Crippen molar-refractivity contribution in [2.75, 3.05) is 9.80 Å². The van der Waals surface area contributed by atoms with Crippen LogP contribution in [0, 0.1) is 0 Å². The van der Waals surface area contributed by atoms with Crippen molar-refractivity contribution in [3.05, 3.63) is 230 Å². The quantitative estimate of drug-likeness (QED) is 0.144. The van der Waals surface area contributed by atoms with E-state index in [2.05, 4.69) is 250 Å². The Balaban J connectivity index is 1.15. The number of rotatable bonds is 8. The van der Waals surface area contributed by atoms with Gasteiger partial charge in [0.2, 0.25) is 5.69 Å². The second-order valence-electron chi connectivity index (χ2n) is 14.9. The molecule has 0 radical (unpaired) electrons. The lowest BCUT2D eigenvalue weighted by Gasteiger charge is -2.35. The van der Waals surface area contributed by atoms with E-state index < -0.39 is 0 Å². The monoisotopic (exact) mass is 743 g/mol. The van der Waals surface area contributed by atoms with E-state index in [0.717, 1.165) is 39.8 Å². The molecule has 0 fully saturated rings. The van der Waals surface area contributed by atoms with Gasteiger partial charge in [0, 0.05) is 51.3 Å². The molecule has 0 aliphatic carbocycles. The largest absolute Gasteiger partial charge is 0.323 e. The van der Waals surface area contributed by atoms with E-state index >= 15 is 0 Å². The summed E-state index contributed by atoms with van der Waals surface area (Å²) in [5.74, 6) is 0. The van der Waals surface area contributed by atoms with Crippen LogP contribution >= 0.6 is 0 Å². The van der Waals surface area contributed by atoms with Crippen molar-refractivity contribution in [1.82, 2.24) is 4.57 Å². The van der Waals surface area contributed by atoms with Crippen LogP contribution in [-0.4, -0.2) is 21.4 Å². The Morgan fingerprint density at radius 2 is 0.948 bits per heavy atom. The van der Waals surface area contributed by atoms with E-state index in [-0.39, 0.29) is 6.04 Å². The average molecular weight is 744 g/mol. The third-order valence-corrected chi connectivity index (χ3v) is 11.4. The molecule has 11 rings (SSSR count). The molecule has 274 valence electrons. The zero-order valence-corrected chi connectivity index (χ0v) is 31.8. The minimum absolute atomic E-state index is 0.198. The maximum absolute atomic E-state index is 2.48. The van der Waals surface area contributed by atoms with E-state index in [1.807, 2.05) is 0 Å². The highest BCUT2D eigenvalue weighted by atomic mass is 15.3. The Bertz CT molecular complexity index is 3180. The Morgan fingerprint density at radius 3 is 1.66 bits per heavy atom. The molecule has 10 aromatic rings. The number of hydrogen-bond donors (Lipinski definition) is 0. The number of benzene rings is 9. The Labute approximate surface area is 337 Å². The maximum atomic E-state index is 2.48. The van der Waals surface area contributed by atoms with Crippen LogP contribution in [0.15, 0.2) is 230 Å². The van der Waals surface area contributed by atoms with E-state index in [0.29, 0.717) is 0 Å². The van der Waals surface area contributed by atoms with Gasteiger partial charge in [-0.05, 0) is 94.3 Å². The minimum atomic E-state index is -0.198. The molecule has 2 heterocycles. The van der Waals surface area contributed by atoms with Gasteiger partial charge in [-0.2, -0.15) is 4.58 Å². The molecule has 0 bridgehead atoms. The molecule has 0 spiro atoms. The molecule has 0 saturated heterocycles. The van der Waals surface area contributed by atoms with Crippen LogP contribution in [0.3, 0.4) is 0 Å². The topological polar surface area (TPSA) is 14.4 Å². The molecule has 58 heavy (non-hydrogen) atoms. The van der Waals surface area contributed by atoms with Crippen molar-refractivity contribution in [3.63, 3.8) is 0 Å². The zero-order chi connectivity index (χ0) is 38.4. The van der Waals surface area contributed by atoms with Crippen LogP contribution in [0.25, 0.3) is 49.0 Å². The van der Waals surface area contributed by atoms with Gasteiger partial charge in [0.15, 0.2) is 18.5 Å². The lowest BCUT2D eigenvalue weighted by molar-refractivity contribution is -0.351. The second-order valence-corrected chi connectivity index (χ2v) is 14.9. The third kappa shape index (κ3) is 5.82. The Kier molecular flexibility index (Phi) is 8.18. The zero-order valence-electron chi connectivity index (χ0n) is 31.8. The molecule has 1 aromatic heterocycles. The van der Waals surface area contributed by atoms with Crippen molar-refractivity contribution in [2.45, 2.75) is 6.04 Å². The van der Waals surface area contributed by atoms with Crippen molar-refractivity contribution in [2.24, 2.45) is 0 Å². The van der Waals surface area contributed by atoms with Crippen molar-refractivity contribution >= 4 is 78.0 Å². The number of aromatic nitrogens is 1. The summed E-state index contributed by atoms with van der Waals surface area (Å²) in [6.07, 6.45) is 4.72. The van der Waals surface area contributed by atoms with E-state index in [1.54, 1.807) is 0 Å². The van der Waals surface area contributed by atoms with Gasteiger partial charge in [-0.15, -0.1) is 0 Å². The summed E-state index contributed by atoms with van der Waals surface area (Å²) in [5, 5.41) is 7.29. The van der Waals surface area contributed by atoms with Gasteiger partial charge in [0.25, 0.3) is 0 Å². The van der Waals surface area contributed by atoms with Gasteiger partial charge in [0.05, 0.1) is 11.0 Å². The van der Waals surface area contributed by atoms with Crippen LogP contribution in [0.4, 0.5) is 28.4 Å². The van der Waals surface area contributed by atoms with Gasteiger partial charge >= 0.3 is 0 Å². The van der Waals surface area contributed by atoms with Gasteiger partial charge in [-0.3, -0.25) is 0 Å². The Morgan fingerprint density at radius 1 is 0.397 bits per heavy atom. The first-order valence-electron chi connectivity index (χ1n) is 19.9. The summed E-state index contributed by atoms with van der Waals surface area (Å²) in [5.41, 5.74) is 10.2. The summed E-state index contributed by atoms with van der Waals surface area (Å²) in [4.78, 5) is 4.92. The number of hydrogen-bond acceptors (Lipinski definition) is 2. The standard InChI is InChI=1S/C54H39N4/c1-4-20-43(21-5-1)56(47-30-28-39-16-10-12-18-41(39)34-47)53-37-55(38-54(53)57(44-22-6-2-7-23-44)48-31-29-40-17-11-13-19-42(40)35-48)46-32-33-52-50(36-46)49-26-14-15-27-51(49)58(52)45-24-8-3-9-25-45/h1-38,53H/q+1. The predicted octanol–water partition coefficient (Wildman–Crippen LogP) is 13.7. The number of fused-ring (bicyclic) bond motifs is 5. The van der Waals surface area contributed by atoms with Crippen LogP contribution in [0.2, 0.25) is 0 Å². The van der Waals surface area contributed by atoms with Crippen molar-refractivity contribution in [1.29, 1.82) is 0 Å². The molecule has 0 saturated carbocycles. The molecule has 0 amide bonds. The maximum Gasteiger partial charge on any atom is 0.211 e. The molecule has 1 aliphatic heterocycles. The first-order valence-corrected chi connectivity index (χ1v) is 19.9. The average Bonchev–Trinajstić information content (AvgIpc) is 3.87. The molecular weight excluding hydrogens is 705 g/mol. The van der Waals surface area contributed by atoms with Crippen LogP contribution in [0.5, 0.6) is 0 Å². The molecule has 1 unspecified atom stereocenters. The normalized spacial score (nSPS) is 13.9. The van der Waals surface area contributed by atoms with Crippen LogP contribution in [-0.2, 0) is 0 Å². The predicted molar refractivity (Wildman–Crippen MR) is 244 cm³/mol. The third-order valence-electron chi connectivity index (χ3n) is 11.4. The fraction of sp³-hybridized carbons (Fsp3) is 0.0185. The summed E-state index contributed by atoms with van der Waals surface area (Å²) < 4.78 is 4.71. The molecular formula is C54H39N4+. The summed E-state index contributed by atoms with van der Waals surface area (Å²) in [6, 6.07) is 78.5. The van der Waals surface area contributed by atoms with Gasteiger partial charge in [-0.1, -0.05) is 133 Å². The van der Waals surface area contributed by atoms with E-state index in [4.69, 9.17) is 0 Å². The van der Waals surface area contributed by atoms with Gasteiger partial charge in [0.1, 0.15) is 5.70 Å². The highest BCUT2D eigenvalue weighted by Gasteiger charge is 2.38. The summed E-state index contributed by atoms with van der Waals surface area (Å²) >= 11 is 0. The smallest absolute Gasteiger partial charge is 0.211 e. The molecule has 4 nitrogen and oxygen atoms in total. The highest BCUT2D eigenvalue weighted by molar-refractivity contribution is 6.10. The fourth-order valence-electron chi connectivity index (χ4n) is 8.74. The van der Waals surface area contributed by atoms with Gasteiger partial charge in [-0.25, -0.2) is 0 Å². The SMILES string of the molecule is C1=C(N(c2ccccc2)c2ccc3ccccc3c2)C(N(c2ccccc2)c2ccc3ccccc3c2)C=[N+]1c1ccc2c(c1)c1ccccc1n2-c1ccccc1. The second kappa shape index (κ2) is 14.1. The number of anilines is 4. The molecule has 4 heteroatoms. The first-order chi connectivity index (χ1) is 28.8. The molecule has 0 N–H and O–H groups in total. The number of nitrogens with zero attached hydrogens (tertiary/aromatic N) is 4. The van der Waals surface area contributed by atoms with E-state index in [9.17, 15) is 0 Å². The molecule has 9 aromatic carbocycles. The van der Waals surface area contributed by atoms with Gasteiger partial charge < -0.3 is 14.4 Å². The molecule has 1 aliphatic rings. The van der Waals surface area contributed by atoms with E-state index in [1.165, 1.54) is 43.4 Å².